The van der Waals surface area contributed by atoms with Crippen LogP contribution in [0.2, 0.25) is 0 Å². The van der Waals surface area contributed by atoms with Gasteiger partial charge in [0.25, 0.3) is 17.4 Å². The molecule has 0 fully saturated rings. The molecule has 2 heterocycles. The normalized spacial score (nSPS) is 13.4. The molecule has 2 aromatic carbocycles. The van der Waals surface area contributed by atoms with E-state index in [1.807, 2.05) is 9.44 Å². The van der Waals surface area contributed by atoms with Crippen molar-refractivity contribution >= 4 is 49.4 Å². The van der Waals surface area contributed by atoms with Crippen LogP contribution >= 0.6 is 11.6 Å². The van der Waals surface area contributed by atoms with Crippen molar-refractivity contribution in [2.24, 2.45) is 0 Å². The van der Waals surface area contributed by atoms with Crippen LogP contribution in [0.5, 0.6) is 23.5 Å². The molecule has 0 spiro atoms. The minimum absolute atomic E-state index is 0.0152. The average molecular weight is 795 g/mol. The van der Waals surface area contributed by atoms with Gasteiger partial charge in [-0.15, -0.1) is 0 Å². The second-order valence-electron chi connectivity index (χ2n) is 10.6. The first-order chi connectivity index (χ1) is 24.8. The van der Waals surface area contributed by atoms with Crippen molar-refractivity contribution < 1.29 is 54.9 Å². The molecule has 4 rings (SSSR count). The zero-order chi connectivity index (χ0) is 39.6. The maximum Gasteiger partial charge on any atom is 0.304 e. The number of nitrogens with zero attached hydrogens (tertiary/aromatic N) is 4. The molecule has 0 radical (unpaired) electrons. The first kappa shape index (κ1) is 41.8. The van der Waals surface area contributed by atoms with Gasteiger partial charge in [-0.25, -0.2) is 21.6 Å². The summed E-state index contributed by atoms with van der Waals surface area (Å²) in [6.45, 7) is 1.07. The van der Waals surface area contributed by atoms with Crippen molar-refractivity contribution in [3.63, 3.8) is 0 Å². The summed E-state index contributed by atoms with van der Waals surface area (Å²) in [5.41, 5.74) is -1.90. The monoisotopic (exact) mass is 794 g/mol. The highest BCUT2D eigenvalue weighted by Gasteiger charge is 2.50. The van der Waals surface area contributed by atoms with E-state index in [0.29, 0.717) is 0 Å². The van der Waals surface area contributed by atoms with E-state index in [4.69, 9.17) is 35.3 Å². The van der Waals surface area contributed by atoms with E-state index in [9.17, 15) is 31.2 Å². The van der Waals surface area contributed by atoms with Gasteiger partial charge in [-0.2, -0.15) is 19.9 Å². The van der Waals surface area contributed by atoms with Gasteiger partial charge in [0.05, 0.1) is 53.1 Å². The fourth-order valence-corrected chi connectivity index (χ4v) is 5.73. The summed E-state index contributed by atoms with van der Waals surface area (Å²) in [6, 6.07) is 18.7. The zero-order valence-corrected chi connectivity index (χ0v) is 31.7. The molecule has 21 heteroatoms. The highest BCUT2D eigenvalue weighted by atomic mass is 35.5. The van der Waals surface area contributed by atoms with Crippen LogP contribution in [0.25, 0.3) is 0 Å². The van der Waals surface area contributed by atoms with Crippen LogP contribution < -0.4 is 28.4 Å². The molecule has 4 aromatic rings. The van der Waals surface area contributed by atoms with Crippen molar-refractivity contribution in [1.29, 1.82) is 0 Å². The molecule has 2 amide bonds. The van der Waals surface area contributed by atoms with Crippen LogP contribution in [0.1, 0.15) is 29.7 Å². The third kappa shape index (κ3) is 10.5. The van der Waals surface area contributed by atoms with Crippen molar-refractivity contribution in [2.75, 3.05) is 41.0 Å². The van der Waals surface area contributed by atoms with E-state index in [1.54, 1.807) is 48.5 Å². The number of hydrogen-bond acceptors (Lipinski definition) is 16. The maximum atomic E-state index is 13.1. The summed E-state index contributed by atoms with van der Waals surface area (Å²) in [5, 5.41) is 0. The predicted molar refractivity (Wildman–Crippen MR) is 188 cm³/mol. The Kier molecular flexibility index (Phi) is 13.6. The minimum Gasteiger partial charge on any atom is -0.481 e. The van der Waals surface area contributed by atoms with E-state index in [1.165, 1.54) is 52.7 Å². The Hall–Kier alpha value is -5.60. The highest BCUT2D eigenvalue weighted by molar-refractivity contribution is 7.89. The fourth-order valence-electron chi connectivity index (χ4n) is 4.45. The molecule has 53 heavy (non-hydrogen) atoms. The lowest BCUT2D eigenvalue weighted by molar-refractivity contribution is -0.163. The van der Waals surface area contributed by atoms with Crippen molar-refractivity contribution in [2.45, 2.75) is 17.4 Å². The molecule has 2 atom stereocenters. The molecule has 18 nitrogen and oxygen atoms in total. The first-order valence-corrected chi connectivity index (χ1v) is 19.0. The third-order valence-corrected chi connectivity index (χ3v) is 8.33. The molecule has 284 valence electrons. The number of methoxy groups -OCH3 is 4. The van der Waals surface area contributed by atoms with Gasteiger partial charge in [0.15, 0.2) is 11.6 Å². The Morgan fingerprint density at radius 2 is 0.962 bits per heavy atom. The molecule has 2 N–H and O–H groups in total. The largest absolute Gasteiger partial charge is 0.481 e. The van der Waals surface area contributed by atoms with Gasteiger partial charge < -0.3 is 23.7 Å². The third-order valence-electron chi connectivity index (χ3n) is 6.66. The summed E-state index contributed by atoms with van der Waals surface area (Å²) in [7, 11) is -2.44. The lowest BCUT2D eigenvalue weighted by atomic mass is 9.91. The SMILES string of the molecule is COc1cc(OC)nc(C(Cl)(C(=O)NS(C)(=O)=O)c2ccccc2)n1.COc1cc(OC)nc(C(OC(C)=O)(C(=O)NS(C)(=O)=O)c2ccccc2)n1. The number of halogens is 1. The number of sulfonamides is 2. The van der Waals surface area contributed by atoms with Crippen molar-refractivity contribution in [3.8, 4) is 23.5 Å². The summed E-state index contributed by atoms with van der Waals surface area (Å²) >= 11 is 6.59. The summed E-state index contributed by atoms with van der Waals surface area (Å²) in [5.74, 6) is -3.33. The molecule has 0 aliphatic rings. The van der Waals surface area contributed by atoms with Crippen LogP contribution in [-0.4, -0.2) is 95.5 Å². The van der Waals surface area contributed by atoms with Crippen molar-refractivity contribution in [3.05, 3.63) is 95.6 Å². The van der Waals surface area contributed by atoms with Crippen LogP contribution in [0.15, 0.2) is 72.8 Å². The molecule has 0 bridgehead atoms. The van der Waals surface area contributed by atoms with Crippen molar-refractivity contribution in [1.82, 2.24) is 29.4 Å². The van der Waals surface area contributed by atoms with Crippen LogP contribution in [0.3, 0.4) is 0 Å². The minimum atomic E-state index is -4.00. The van der Waals surface area contributed by atoms with Gasteiger partial charge in [0.2, 0.25) is 48.4 Å². The standard InChI is InChI=1S/C17H19N3O7S.C15H16ClN3O5S/c1-11(21)27-17(12-8-6-5-7-9-12,16(22)20-28(4,23)24)15-18-13(25-2)10-14(19-15)26-3;1-23-11-9-12(24-2)18-13(17-11)15(16,10-7-5-4-6-8-10)14(20)19-25(3,21)22/h5-10H,1-4H3,(H,20,22);4-9H,1-3H3,(H,19,20). The van der Waals surface area contributed by atoms with Crippen LogP contribution in [0, 0.1) is 0 Å². The summed E-state index contributed by atoms with van der Waals surface area (Å²) < 4.78 is 75.9. The van der Waals surface area contributed by atoms with E-state index >= 15 is 0 Å². The second kappa shape index (κ2) is 17.3. The first-order valence-electron chi connectivity index (χ1n) is 14.8. The predicted octanol–water partition coefficient (Wildman–Crippen LogP) is 1.43. The maximum absolute atomic E-state index is 13.1. The number of carbonyl (C=O) groups is 3. The van der Waals surface area contributed by atoms with Gasteiger partial charge in [-0.1, -0.05) is 72.3 Å². The quantitative estimate of drug-likeness (QED) is 0.144. The molecule has 0 saturated carbocycles. The Morgan fingerprint density at radius 3 is 1.32 bits per heavy atom. The number of hydrogen-bond donors (Lipinski definition) is 2. The number of ether oxygens (including phenoxy) is 5. The number of alkyl halides is 1. The van der Waals surface area contributed by atoms with Gasteiger partial charge in [0.1, 0.15) is 0 Å². The van der Waals surface area contributed by atoms with Crippen LogP contribution in [0.4, 0.5) is 0 Å². The van der Waals surface area contributed by atoms with E-state index in [-0.39, 0.29) is 46.3 Å². The Labute approximate surface area is 310 Å². The highest BCUT2D eigenvalue weighted by Crippen LogP contribution is 2.37. The number of aromatic nitrogens is 4. The fraction of sp³-hybridized carbons (Fsp3) is 0.281. The molecule has 2 unspecified atom stereocenters. The molecule has 2 aromatic heterocycles. The van der Waals surface area contributed by atoms with Gasteiger partial charge in [-0.05, 0) is 5.56 Å². The van der Waals surface area contributed by atoms with Gasteiger partial charge in [0, 0.05) is 12.5 Å². The molecular formula is C32H35ClN6O12S2. The smallest absolute Gasteiger partial charge is 0.304 e. The molecule has 0 aliphatic heterocycles. The lowest BCUT2D eigenvalue weighted by Crippen LogP contribution is -2.50. The Balaban J connectivity index is 0.000000287. The number of amides is 2. The zero-order valence-electron chi connectivity index (χ0n) is 29.3. The topological polar surface area (TPSA) is 241 Å². The lowest BCUT2D eigenvalue weighted by Gasteiger charge is -2.30. The number of esters is 1. The second-order valence-corrected chi connectivity index (χ2v) is 14.7. The number of nitrogens with one attached hydrogen (secondary N) is 2. The number of carbonyl (C=O) groups excluding carboxylic acids is 3. The number of benzene rings is 2. The van der Waals surface area contributed by atoms with Crippen LogP contribution in [-0.2, 0) is 49.6 Å². The summed E-state index contributed by atoms with van der Waals surface area (Å²) in [6.07, 6.45) is 1.64. The van der Waals surface area contributed by atoms with Gasteiger partial charge in [-0.3, -0.25) is 19.1 Å². The summed E-state index contributed by atoms with van der Waals surface area (Å²) in [4.78, 5) is 52.1. The van der Waals surface area contributed by atoms with E-state index in [0.717, 1.165) is 19.4 Å². The van der Waals surface area contributed by atoms with E-state index < -0.39 is 48.3 Å². The van der Waals surface area contributed by atoms with Gasteiger partial charge >= 0.3 is 5.97 Å². The molecule has 0 saturated heterocycles. The molecular weight excluding hydrogens is 760 g/mol. The molecule has 0 aliphatic carbocycles. The van der Waals surface area contributed by atoms with E-state index in [2.05, 4.69) is 19.9 Å². The number of rotatable bonds is 13. The Morgan fingerprint density at radius 1 is 0.604 bits per heavy atom. The average Bonchev–Trinajstić information content (AvgIpc) is 3.12. The Bertz CT molecular complexity index is 2120.